The Bertz CT molecular complexity index is 762. The van der Waals surface area contributed by atoms with E-state index in [0.29, 0.717) is 16.9 Å². The standard InChI is InChI=1S/C14H12N4O/c15-13-11-7-6-9(14(16)19)8-12(11)17-18(13)10-4-2-1-3-5-10/h1-8H,15H2,(H2,16,19). The van der Waals surface area contributed by atoms with Crippen LogP contribution in [0.4, 0.5) is 5.82 Å². The summed E-state index contributed by atoms with van der Waals surface area (Å²) >= 11 is 0. The van der Waals surface area contributed by atoms with Gasteiger partial charge in [0.15, 0.2) is 0 Å². The zero-order valence-electron chi connectivity index (χ0n) is 10.1. The third-order valence-electron chi connectivity index (χ3n) is 2.99. The van der Waals surface area contributed by atoms with Crippen LogP contribution in [-0.4, -0.2) is 15.7 Å². The molecule has 0 aliphatic carbocycles. The summed E-state index contributed by atoms with van der Waals surface area (Å²) in [5, 5.41) is 5.21. The molecule has 5 heteroatoms. The lowest BCUT2D eigenvalue weighted by Gasteiger charge is -2.02. The number of rotatable bonds is 2. The molecule has 0 radical (unpaired) electrons. The van der Waals surface area contributed by atoms with Crippen LogP contribution in [-0.2, 0) is 0 Å². The molecule has 0 saturated carbocycles. The second-order valence-corrected chi connectivity index (χ2v) is 4.23. The van der Waals surface area contributed by atoms with Gasteiger partial charge in [0.2, 0.25) is 5.91 Å². The van der Waals surface area contributed by atoms with E-state index in [-0.39, 0.29) is 0 Å². The van der Waals surface area contributed by atoms with Gasteiger partial charge in [-0.05, 0) is 30.3 Å². The van der Waals surface area contributed by atoms with Crippen molar-refractivity contribution in [2.45, 2.75) is 0 Å². The first-order valence-electron chi connectivity index (χ1n) is 5.80. The van der Waals surface area contributed by atoms with Crippen molar-refractivity contribution in [2.24, 2.45) is 5.73 Å². The predicted octanol–water partition coefficient (Wildman–Crippen LogP) is 1.71. The van der Waals surface area contributed by atoms with Crippen molar-refractivity contribution in [1.29, 1.82) is 0 Å². The van der Waals surface area contributed by atoms with E-state index in [9.17, 15) is 4.79 Å². The Morgan fingerprint density at radius 1 is 1.11 bits per heavy atom. The zero-order chi connectivity index (χ0) is 13.4. The molecular formula is C14H12N4O. The highest BCUT2D eigenvalue weighted by atomic mass is 16.1. The Morgan fingerprint density at radius 3 is 2.53 bits per heavy atom. The Labute approximate surface area is 109 Å². The number of carbonyl (C=O) groups is 1. The molecule has 0 atom stereocenters. The highest BCUT2D eigenvalue weighted by Crippen LogP contribution is 2.24. The smallest absolute Gasteiger partial charge is 0.248 e. The molecule has 94 valence electrons. The average Bonchev–Trinajstić information content (AvgIpc) is 2.76. The second-order valence-electron chi connectivity index (χ2n) is 4.23. The third-order valence-corrected chi connectivity index (χ3v) is 2.99. The van der Waals surface area contributed by atoms with Crippen molar-refractivity contribution in [3.8, 4) is 5.69 Å². The highest BCUT2D eigenvalue weighted by molar-refractivity contribution is 5.99. The quantitative estimate of drug-likeness (QED) is 0.727. The van der Waals surface area contributed by atoms with Crippen LogP contribution in [0, 0.1) is 0 Å². The Hall–Kier alpha value is -2.82. The van der Waals surface area contributed by atoms with Gasteiger partial charge in [-0.15, -0.1) is 0 Å². The SMILES string of the molecule is NC(=O)c1ccc2c(N)n(-c3ccccc3)nc2c1. The summed E-state index contributed by atoms with van der Waals surface area (Å²) in [4.78, 5) is 11.2. The lowest BCUT2D eigenvalue weighted by molar-refractivity contribution is 0.100. The number of primary amides is 1. The fourth-order valence-corrected chi connectivity index (χ4v) is 2.03. The van der Waals surface area contributed by atoms with Crippen LogP contribution in [0.2, 0.25) is 0 Å². The van der Waals surface area contributed by atoms with Crippen LogP contribution in [0.15, 0.2) is 48.5 Å². The van der Waals surface area contributed by atoms with Crippen LogP contribution in [0.1, 0.15) is 10.4 Å². The number of hydrogen-bond acceptors (Lipinski definition) is 3. The number of carbonyl (C=O) groups excluding carboxylic acids is 1. The number of anilines is 1. The number of amides is 1. The summed E-state index contributed by atoms with van der Waals surface area (Å²) in [6, 6.07) is 14.6. The summed E-state index contributed by atoms with van der Waals surface area (Å²) in [6.07, 6.45) is 0. The Kier molecular flexibility index (Phi) is 2.45. The van der Waals surface area contributed by atoms with Gasteiger partial charge < -0.3 is 11.5 Å². The number of nitrogen functional groups attached to an aromatic ring is 1. The first-order chi connectivity index (χ1) is 9.16. The van der Waals surface area contributed by atoms with Crippen molar-refractivity contribution in [3.05, 3.63) is 54.1 Å². The summed E-state index contributed by atoms with van der Waals surface area (Å²) in [7, 11) is 0. The maximum Gasteiger partial charge on any atom is 0.248 e. The van der Waals surface area contributed by atoms with Crippen LogP contribution in [0.5, 0.6) is 0 Å². The van der Waals surface area contributed by atoms with Gasteiger partial charge in [0.1, 0.15) is 5.82 Å². The summed E-state index contributed by atoms with van der Waals surface area (Å²) < 4.78 is 1.65. The Balaban J connectivity index is 2.23. The van der Waals surface area contributed by atoms with Gasteiger partial charge in [-0.2, -0.15) is 5.10 Å². The van der Waals surface area contributed by atoms with Gasteiger partial charge in [-0.1, -0.05) is 18.2 Å². The Morgan fingerprint density at radius 2 is 1.84 bits per heavy atom. The van der Waals surface area contributed by atoms with E-state index in [2.05, 4.69) is 5.10 Å². The van der Waals surface area contributed by atoms with Gasteiger partial charge >= 0.3 is 0 Å². The molecule has 0 bridgehead atoms. The highest BCUT2D eigenvalue weighted by Gasteiger charge is 2.11. The van der Waals surface area contributed by atoms with Gasteiger partial charge in [0, 0.05) is 10.9 Å². The molecule has 19 heavy (non-hydrogen) atoms. The summed E-state index contributed by atoms with van der Waals surface area (Å²) in [6.45, 7) is 0. The van der Waals surface area contributed by atoms with E-state index in [4.69, 9.17) is 11.5 Å². The summed E-state index contributed by atoms with van der Waals surface area (Å²) in [5.74, 6) is 0.0620. The first kappa shape index (κ1) is 11.3. The maximum absolute atomic E-state index is 11.2. The van der Waals surface area contributed by atoms with Gasteiger partial charge in [0.25, 0.3) is 0 Å². The van der Waals surface area contributed by atoms with Crippen LogP contribution < -0.4 is 11.5 Å². The van der Waals surface area contributed by atoms with Crippen molar-refractivity contribution in [3.63, 3.8) is 0 Å². The van der Waals surface area contributed by atoms with E-state index >= 15 is 0 Å². The molecule has 5 nitrogen and oxygen atoms in total. The van der Waals surface area contributed by atoms with Gasteiger partial charge in [-0.25, -0.2) is 4.68 Å². The minimum atomic E-state index is -0.477. The molecule has 0 fully saturated rings. The minimum Gasteiger partial charge on any atom is -0.383 e. The summed E-state index contributed by atoms with van der Waals surface area (Å²) in [5.41, 5.74) is 13.3. The molecule has 0 aliphatic rings. The largest absolute Gasteiger partial charge is 0.383 e. The number of hydrogen-bond donors (Lipinski definition) is 2. The van der Waals surface area contributed by atoms with Crippen LogP contribution in [0.25, 0.3) is 16.6 Å². The molecule has 1 heterocycles. The van der Waals surface area contributed by atoms with Crippen molar-refractivity contribution < 1.29 is 4.79 Å². The number of nitrogens with zero attached hydrogens (tertiary/aromatic N) is 2. The van der Waals surface area contributed by atoms with Crippen molar-refractivity contribution in [2.75, 3.05) is 5.73 Å². The maximum atomic E-state index is 11.2. The molecule has 1 aromatic heterocycles. The number of aromatic nitrogens is 2. The molecule has 2 aromatic carbocycles. The lowest BCUT2D eigenvalue weighted by Crippen LogP contribution is -2.10. The van der Waals surface area contributed by atoms with Crippen molar-refractivity contribution >= 4 is 22.6 Å². The van der Waals surface area contributed by atoms with E-state index in [1.165, 1.54) is 0 Å². The molecule has 3 aromatic rings. The normalized spacial score (nSPS) is 10.7. The third kappa shape index (κ3) is 1.81. The minimum absolute atomic E-state index is 0.421. The topological polar surface area (TPSA) is 86.9 Å². The molecule has 1 amide bonds. The van der Waals surface area contributed by atoms with Crippen molar-refractivity contribution in [1.82, 2.24) is 9.78 Å². The fourth-order valence-electron chi connectivity index (χ4n) is 2.03. The van der Waals surface area contributed by atoms with E-state index in [1.807, 2.05) is 30.3 Å². The van der Waals surface area contributed by atoms with Crippen LogP contribution >= 0.6 is 0 Å². The molecule has 4 N–H and O–H groups in total. The number of para-hydroxylation sites is 1. The number of benzene rings is 2. The van der Waals surface area contributed by atoms with E-state index in [0.717, 1.165) is 11.1 Å². The lowest BCUT2D eigenvalue weighted by atomic mass is 10.1. The molecule has 0 saturated heterocycles. The van der Waals surface area contributed by atoms with E-state index < -0.39 is 5.91 Å². The van der Waals surface area contributed by atoms with Gasteiger partial charge in [-0.3, -0.25) is 4.79 Å². The molecule has 0 unspecified atom stereocenters. The molecule has 0 aliphatic heterocycles. The first-order valence-corrected chi connectivity index (χ1v) is 5.80. The predicted molar refractivity (Wildman–Crippen MR) is 74.0 cm³/mol. The van der Waals surface area contributed by atoms with Crippen LogP contribution in [0.3, 0.4) is 0 Å². The fraction of sp³-hybridized carbons (Fsp3) is 0. The molecule has 3 rings (SSSR count). The second kappa shape index (κ2) is 4.13. The molecular weight excluding hydrogens is 240 g/mol. The zero-order valence-corrected chi connectivity index (χ0v) is 10.1. The number of nitrogens with two attached hydrogens (primary N) is 2. The number of fused-ring (bicyclic) bond motifs is 1. The molecule has 0 spiro atoms. The monoisotopic (exact) mass is 252 g/mol. The average molecular weight is 252 g/mol. The van der Waals surface area contributed by atoms with Gasteiger partial charge in [0.05, 0.1) is 11.2 Å². The van der Waals surface area contributed by atoms with E-state index in [1.54, 1.807) is 22.9 Å².